The number of ether oxygens (including phenoxy) is 2. The van der Waals surface area contributed by atoms with Crippen molar-refractivity contribution in [1.82, 2.24) is 10.3 Å². The van der Waals surface area contributed by atoms with Crippen LogP contribution in [0.25, 0.3) is 0 Å². The summed E-state index contributed by atoms with van der Waals surface area (Å²) in [5.74, 6) is -0.408. The number of ketones is 1. The quantitative estimate of drug-likeness (QED) is 0.743. The maximum absolute atomic E-state index is 13.5. The number of methoxy groups -OCH3 is 1. The normalized spacial score (nSPS) is 22.9. The Labute approximate surface area is 182 Å². The van der Waals surface area contributed by atoms with Crippen LogP contribution >= 0.6 is 0 Å². The van der Waals surface area contributed by atoms with Crippen molar-refractivity contribution in [2.45, 2.75) is 32.1 Å². The Bertz CT molecular complexity index is 1040. The van der Waals surface area contributed by atoms with E-state index in [1.165, 1.54) is 0 Å². The third-order valence-electron chi connectivity index (χ3n) is 5.97. The molecule has 3 unspecified atom stereocenters. The van der Waals surface area contributed by atoms with Crippen molar-refractivity contribution in [2.24, 2.45) is 5.92 Å². The molecular formula is C25H26N2O4. The number of fused-ring (bicyclic) bond motifs is 1. The molecule has 4 rings (SSSR count). The van der Waals surface area contributed by atoms with Gasteiger partial charge in [-0.15, -0.1) is 0 Å². The Morgan fingerprint density at radius 3 is 2.45 bits per heavy atom. The van der Waals surface area contributed by atoms with Crippen molar-refractivity contribution in [1.29, 1.82) is 0 Å². The molecule has 1 aromatic carbocycles. The van der Waals surface area contributed by atoms with Crippen LogP contribution in [-0.4, -0.2) is 30.5 Å². The molecule has 6 heteroatoms. The largest absolute Gasteiger partial charge is 0.497 e. The number of nitrogens with zero attached hydrogens (tertiary/aromatic N) is 1. The third kappa shape index (κ3) is 3.98. The van der Waals surface area contributed by atoms with Gasteiger partial charge in [-0.05, 0) is 49.2 Å². The van der Waals surface area contributed by atoms with Crippen LogP contribution in [0.4, 0.5) is 0 Å². The molecule has 3 atom stereocenters. The highest BCUT2D eigenvalue weighted by atomic mass is 16.5. The molecule has 1 N–H and O–H groups in total. The van der Waals surface area contributed by atoms with Gasteiger partial charge >= 0.3 is 5.97 Å². The van der Waals surface area contributed by atoms with Crippen LogP contribution in [-0.2, 0) is 14.3 Å². The fourth-order valence-corrected chi connectivity index (χ4v) is 4.55. The highest BCUT2D eigenvalue weighted by Crippen LogP contribution is 2.46. The summed E-state index contributed by atoms with van der Waals surface area (Å²) in [7, 11) is 1.63. The number of rotatable bonds is 5. The average Bonchev–Trinajstić information content (AvgIpc) is 2.78. The zero-order valence-corrected chi connectivity index (χ0v) is 17.9. The van der Waals surface area contributed by atoms with Gasteiger partial charge in [0.1, 0.15) is 11.5 Å². The number of allylic oxidation sites excluding steroid dienone is 3. The second kappa shape index (κ2) is 8.76. The van der Waals surface area contributed by atoms with E-state index >= 15 is 0 Å². The van der Waals surface area contributed by atoms with E-state index in [1.54, 1.807) is 26.4 Å². The monoisotopic (exact) mass is 418 g/mol. The Balaban J connectivity index is 1.78. The van der Waals surface area contributed by atoms with E-state index < -0.39 is 17.8 Å². The molecule has 0 spiro atoms. The van der Waals surface area contributed by atoms with Gasteiger partial charge in [-0.25, -0.2) is 4.79 Å². The maximum atomic E-state index is 13.5. The number of carbonyl (C=O) groups excluding carboxylic acids is 2. The summed E-state index contributed by atoms with van der Waals surface area (Å²) in [6.45, 7) is 3.92. The van der Waals surface area contributed by atoms with Crippen LogP contribution in [0.1, 0.15) is 43.2 Å². The molecule has 0 bridgehead atoms. The Hall–Kier alpha value is -3.41. The molecule has 2 aliphatic rings. The van der Waals surface area contributed by atoms with Gasteiger partial charge in [0.15, 0.2) is 0 Å². The molecule has 6 nitrogen and oxygen atoms in total. The van der Waals surface area contributed by atoms with E-state index in [0.717, 1.165) is 22.6 Å². The van der Waals surface area contributed by atoms with Crippen molar-refractivity contribution in [3.63, 3.8) is 0 Å². The molecule has 0 amide bonds. The maximum Gasteiger partial charge on any atom is 0.336 e. The fourth-order valence-electron chi connectivity index (χ4n) is 4.55. The lowest BCUT2D eigenvalue weighted by Gasteiger charge is -2.39. The molecule has 31 heavy (non-hydrogen) atoms. The number of hydrogen-bond acceptors (Lipinski definition) is 6. The Morgan fingerprint density at radius 1 is 1.10 bits per heavy atom. The summed E-state index contributed by atoms with van der Waals surface area (Å²) in [6, 6.07) is 11.5. The van der Waals surface area contributed by atoms with Crippen LogP contribution in [0.5, 0.6) is 5.75 Å². The Morgan fingerprint density at radius 2 is 1.81 bits per heavy atom. The number of aromatic nitrogens is 1. The molecule has 1 aliphatic carbocycles. The van der Waals surface area contributed by atoms with Gasteiger partial charge in [0.05, 0.1) is 25.2 Å². The average molecular weight is 418 g/mol. The highest BCUT2D eigenvalue weighted by Gasteiger charge is 2.44. The molecule has 160 valence electrons. The Kier molecular flexibility index (Phi) is 5.89. The number of nitrogens with one attached hydrogen (secondary N) is 1. The zero-order chi connectivity index (χ0) is 22.0. The summed E-state index contributed by atoms with van der Waals surface area (Å²) in [5.41, 5.74) is 3.99. The van der Waals surface area contributed by atoms with Crippen molar-refractivity contribution in [3.05, 3.63) is 83.0 Å². The predicted octanol–water partition coefficient (Wildman–Crippen LogP) is 3.87. The second-order valence-corrected chi connectivity index (χ2v) is 7.79. The molecule has 0 radical (unpaired) electrons. The van der Waals surface area contributed by atoms with E-state index in [2.05, 4.69) is 16.4 Å². The van der Waals surface area contributed by atoms with Crippen molar-refractivity contribution in [2.75, 3.05) is 13.7 Å². The van der Waals surface area contributed by atoms with Gasteiger partial charge in [0.2, 0.25) is 0 Å². The summed E-state index contributed by atoms with van der Waals surface area (Å²) in [4.78, 5) is 30.4. The first kappa shape index (κ1) is 20.8. The molecule has 1 aliphatic heterocycles. The molecular weight excluding hydrogens is 392 g/mol. The van der Waals surface area contributed by atoms with Crippen molar-refractivity contribution in [3.8, 4) is 5.75 Å². The van der Waals surface area contributed by atoms with Crippen LogP contribution in [0.15, 0.2) is 71.8 Å². The van der Waals surface area contributed by atoms with Gasteiger partial charge in [0, 0.05) is 42.0 Å². The standard InChI is InChI=1S/C25H26N2O4/c1-4-31-25(29)22-15(2)27-20-13-18(16-5-7-19(30-3)8-6-16)14-21(28)24(20)23(22)17-9-11-26-12-10-17/h5-13,18,23-24,27H,4,14H2,1-3H3. The van der Waals surface area contributed by atoms with Gasteiger partial charge in [0.25, 0.3) is 0 Å². The van der Waals surface area contributed by atoms with E-state index in [4.69, 9.17) is 9.47 Å². The first-order valence-corrected chi connectivity index (χ1v) is 10.5. The molecule has 2 aromatic rings. The van der Waals surface area contributed by atoms with E-state index in [9.17, 15) is 9.59 Å². The topological polar surface area (TPSA) is 77.5 Å². The number of esters is 1. The minimum absolute atomic E-state index is 0.0350. The van der Waals surface area contributed by atoms with Crippen LogP contribution < -0.4 is 10.1 Å². The number of hydrogen-bond donors (Lipinski definition) is 1. The third-order valence-corrected chi connectivity index (χ3v) is 5.97. The van der Waals surface area contributed by atoms with E-state index in [0.29, 0.717) is 17.7 Å². The van der Waals surface area contributed by atoms with Gasteiger partial charge in [-0.3, -0.25) is 9.78 Å². The van der Waals surface area contributed by atoms with Gasteiger partial charge in [-0.1, -0.05) is 18.2 Å². The molecule has 0 saturated carbocycles. The number of benzene rings is 1. The number of Topliss-reactive ketones (excluding diaryl/α,β-unsaturated/α-hetero) is 1. The number of carbonyl (C=O) groups is 2. The second-order valence-electron chi connectivity index (χ2n) is 7.79. The van der Waals surface area contributed by atoms with Crippen LogP contribution in [0, 0.1) is 5.92 Å². The lowest BCUT2D eigenvalue weighted by molar-refractivity contribution is -0.139. The molecule has 1 aromatic heterocycles. The summed E-state index contributed by atoms with van der Waals surface area (Å²) < 4.78 is 10.6. The van der Waals surface area contributed by atoms with Crippen LogP contribution in [0.2, 0.25) is 0 Å². The lowest BCUT2D eigenvalue weighted by Crippen LogP contribution is -2.42. The summed E-state index contributed by atoms with van der Waals surface area (Å²) >= 11 is 0. The van der Waals surface area contributed by atoms with Crippen LogP contribution in [0.3, 0.4) is 0 Å². The smallest absolute Gasteiger partial charge is 0.336 e. The minimum atomic E-state index is -0.458. The van der Waals surface area contributed by atoms with Crippen molar-refractivity contribution < 1.29 is 19.1 Å². The van der Waals surface area contributed by atoms with Gasteiger partial charge in [-0.2, -0.15) is 0 Å². The predicted molar refractivity (Wildman–Crippen MR) is 116 cm³/mol. The summed E-state index contributed by atoms with van der Waals surface area (Å²) in [6.07, 6.45) is 5.87. The first-order chi connectivity index (χ1) is 15.0. The van der Waals surface area contributed by atoms with E-state index in [-0.39, 0.29) is 18.3 Å². The van der Waals surface area contributed by atoms with E-state index in [1.807, 2.05) is 43.3 Å². The minimum Gasteiger partial charge on any atom is -0.497 e. The van der Waals surface area contributed by atoms with Gasteiger partial charge < -0.3 is 14.8 Å². The fraction of sp³-hybridized carbons (Fsp3) is 0.320. The first-order valence-electron chi connectivity index (χ1n) is 10.5. The SMILES string of the molecule is CCOC(=O)C1=C(C)NC2=CC(c3ccc(OC)cc3)CC(=O)C2C1c1ccncc1. The van der Waals surface area contributed by atoms with Crippen molar-refractivity contribution >= 4 is 11.8 Å². The lowest BCUT2D eigenvalue weighted by atomic mass is 9.69. The molecule has 0 saturated heterocycles. The summed E-state index contributed by atoms with van der Waals surface area (Å²) in [5, 5.41) is 3.34. The zero-order valence-electron chi connectivity index (χ0n) is 17.9. The number of pyridine rings is 1. The molecule has 0 fully saturated rings. The highest BCUT2D eigenvalue weighted by molar-refractivity contribution is 5.96. The molecule has 2 heterocycles.